The molecule has 0 spiro atoms. The highest BCUT2D eigenvalue weighted by atomic mass is 16.5. The number of carbonyl (C=O) groups is 2. The third kappa shape index (κ3) is 4.61. The van der Waals surface area contributed by atoms with E-state index in [0.717, 1.165) is 22.5 Å². The Hall–Kier alpha value is -4.52. The number of fused-ring (bicyclic) bond motifs is 1. The van der Waals surface area contributed by atoms with Gasteiger partial charge in [-0.05, 0) is 29.3 Å². The van der Waals surface area contributed by atoms with Crippen LogP contribution in [0, 0.1) is 0 Å². The van der Waals surface area contributed by atoms with Crippen LogP contribution < -0.4 is 9.80 Å². The molecule has 7 heteroatoms. The number of amides is 1. The highest BCUT2D eigenvalue weighted by molar-refractivity contribution is 6.08. The lowest BCUT2D eigenvalue weighted by molar-refractivity contribution is -0.116. The molecule has 3 aromatic carbocycles. The molecule has 0 aliphatic carbocycles. The molecule has 0 atom stereocenters. The van der Waals surface area contributed by atoms with Crippen molar-refractivity contribution < 1.29 is 14.3 Å². The molecule has 5 rings (SSSR count). The molecule has 35 heavy (non-hydrogen) atoms. The fraction of sp³-hybridized carbons (Fsp3) is 0.143. The van der Waals surface area contributed by atoms with Gasteiger partial charge >= 0.3 is 5.97 Å². The maximum atomic E-state index is 13.2. The fourth-order valence-corrected chi connectivity index (χ4v) is 4.34. The molecule has 2 heterocycles. The molecule has 0 unspecified atom stereocenters. The normalized spacial score (nSPS) is 12.4. The van der Waals surface area contributed by atoms with Gasteiger partial charge in [-0.3, -0.25) is 9.69 Å². The maximum Gasteiger partial charge on any atom is 0.337 e. The first-order valence-corrected chi connectivity index (χ1v) is 11.3. The van der Waals surface area contributed by atoms with Gasteiger partial charge in [0.15, 0.2) is 0 Å². The van der Waals surface area contributed by atoms with E-state index in [1.807, 2.05) is 36.4 Å². The summed E-state index contributed by atoms with van der Waals surface area (Å²) < 4.78 is 4.84. The van der Waals surface area contributed by atoms with Crippen molar-refractivity contribution in [3.8, 4) is 0 Å². The zero-order valence-corrected chi connectivity index (χ0v) is 19.3. The summed E-state index contributed by atoms with van der Waals surface area (Å²) in [6.45, 7) is 1.26. The number of nitrogens with zero attached hydrogens (tertiary/aromatic N) is 4. The number of rotatable bonds is 7. The van der Waals surface area contributed by atoms with Crippen LogP contribution in [0.3, 0.4) is 0 Å². The monoisotopic (exact) mass is 464 g/mol. The maximum absolute atomic E-state index is 13.2. The predicted molar refractivity (Wildman–Crippen MR) is 133 cm³/mol. The number of carbonyl (C=O) groups excluding carboxylic acids is 2. The summed E-state index contributed by atoms with van der Waals surface area (Å²) in [5.74, 6) is 0.679. The van der Waals surface area contributed by atoms with Crippen molar-refractivity contribution in [2.75, 3.05) is 16.9 Å². The van der Waals surface area contributed by atoms with E-state index in [-0.39, 0.29) is 12.3 Å². The van der Waals surface area contributed by atoms with Crippen LogP contribution >= 0.6 is 0 Å². The van der Waals surface area contributed by atoms with E-state index in [0.29, 0.717) is 30.2 Å². The van der Waals surface area contributed by atoms with Crippen LogP contribution in [-0.2, 0) is 29.0 Å². The summed E-state index contributed by atoms with van der Waals surface area (Å²) in [6.07, 6.45) is 1.67. The fourth-order valence-electron chi connectivity index (χ4n) is 4.34. The lowest BCUT2D eigenvalue weighted by atomic mass is 10.1. The molecule has 0 fully saturated rings. The van der Waals surface area contributed by atoms with Crippen molar-refractivity contribution in [2.45, 2.75) is 19.5 Å². The van der Waals surface area contributed by atoms with Crippen LogP contribution in [0.4, 0.5) is 17.3 Å². The summed E-state index contributed by atoms with van der Waals surface area (Å²) in [5, 5.41) is 0. The average Bonchev–Trinajstić information content (AvgIpc) is 3.25. The lowest BCUT2D eigenvalue weighted by Crippen LogP contribution is -2.24. The summed E-state index contributed by atoms with van der Waals surface area (Å²) >= 11 is 0. The highest BCUT2D eigenvalue weighted by Gasteiger charge is 2.34. The number of benzene rings is 3. The SMILES string of the molecule is COC(=O)c1cccc(N2C(=O)Cc3c(N(Cc4ccccc4)Cc4ccccc4)ncnc32)c1. The molecule has 1 aromatic heterocycles. The van der Waals surface area contributed by atoms with Gasteiger partial charge in [-0.15, -0.1) is 0 Å². The molecule has 0 saturated carbocycles. The van der Waals surface area contributed by atoms with Crippen LogP contribution in [0.1, 0.15) is 27.0 Å². The van der Waals surface area contributed by atoms with Crippen molar-refractivity contribution in [3.63, 3.8) is 0 Å². The summed E-state index contributed by atoms with van der Waals surface area (Å²) in [6, 6.07) is 27.2. The first-order chi connectivity index (χ1) is 17.1. The van der Waals surface area contributed by atoms with Gasteiger partial charge in [0, 0.05) is 18.7 Å². The molecule has 0 radical (unpaired) electrons. The van der Waals surface area contributed by atoms with E-state index in [2.05, 4.69) is 39.1 Å². The average molecular weight is 465 g/mol. The van der Waals surface area contributed by atoms with E-state index in [1.54, 1.807) is 29.2 Å². The molecule has 1 amide bonds. The van der Waals surface area contributed by atoms with Crippen molar-refractivity contribution in [1.82, 2.24) is 9.97 Å². The quantitative estimate of drug-likeness (QED) is 0.370. The Morgan fingerprint density at radius 3 is 2.20 bits per heavy atom. The van der Waals surface area contributed by atoms with Gasteiger partial charge < -0.3 is 9.64 Å². The first kappa shape index (κ1) is 22.3. The molecular formula is C28H24N4O3. The molecular weight excluding hydrogens is 440 g/mol. The van der Waals surface area contributed by atoms with Gasteiger partial charge in [0.1, 0.15) is 18.0 Å². The number of ether oxygens (including phenoxy) is 1. The number of hydrogen-bond donors (Lipinski definition) is 0. The van der Waals surface area contributed by atoms with Crippen molar-refractivity contribution in [2.24, 2.45) is 0 Å². The number of hydrogen-bond acceptors (Lipinski definition) is 6. The first-order valence-electron chi connectivity index (χ1n) is 11.3. The van der Waals surface area contributed by atoms with Gasteiger partial charge in [-0.25, -0.2) is 14.8 Å². The Morgan fingerprint density at radius 2 is 1.57 bits per heavy atom. The Kier molecular flexibility index (Phi) is 6.22. The minimum Gasteiger partial charge on any atom is -0.465 e. The minimum absolute atomic E-state index is 0.122. The largest absolute Gasteiger partial charge is 0.465 e. The Balaban J connectivity index is 1.55. The van der Waals surface area contributed by atoms with Crippen molar-refractivity contribution >= 4 is 29.2 Å². The Bertz CT molecular complexity index is 1320. The van der Waals surface area contributed by atoms with Gasteiger partial charge in [0.25, 0.3) is 0 Å². The van der Waals surface area contributed by atoms with Gasteiger partial charge in [0.05, 0.1) is 24.8 Å². The standard InChI is InChI=1S/C28H24N4O3/c1-35-28(34)22-13-8-14-23(15-22)32-25(33)16-24-26(29-19-30-27(24)32)31(17-20-9-4-2-5-10-20)18-21-11-6-3-7-12-21/h2-15,19H,16-18H2,1H3. The topological polar surface area (TPSA) is 75.6 Å². The number of aromatic nitrogens is 2. The second-order valence-electron chi connectivity index (χ2n) is 8.27. The second-order valence-corrected chi connectivity index (χ2v) is 8.27. The van der Waals surface area contributed by atoms with E-state index in [9.17, 15) is 9.59 Å². The zero-order valence-electron chi connectivity index (χ0n) is 19.3. The van der Waals surface area contributed by atoms with E-state index < -0.39 is 5.97 Å². The molecule has 1 aliphatic rings. The Labute approximate surface area is 203 Å². The molecule has 0 N–H and O–H groups in total. The molecule has 0 saturated heterocycles. The zero-order chi connectivity index (χ0) is 24.2. The van der Waals surface area contributed by atoms with Crippen LogP contribution in [0.25, 0.3) is 0 Å². The van der Waals surface area contributed by atoms with Crippen LogP contribution in [0.2, 0.25) is 0 Å². The molecule has 0 bridgehead atoms. The van der Waals surface area contributed by atoms with Crippen LogP contribution in [0.5, 0.6) is 0 Å². The van der Waals surface area contributed by atoms with Crippen LogP contribution in [0.15, 0.2) is 91.3 Å². The number of esters is 1. The van der Waals surface area contributed by atoms with Crippen LogP contribution in [-0.4, -0.2) is 29.0 Å². The smallest absolute Gasteiger partial charge is 0.337 e. The minimum atomic E-state index is -0.459. The van der Waals surface area contributed by atoms with E-state index in [1.165, 1.54) is 13.4 Å². The highest BCUT2D eigenvalue weighted by Crippen LogP contribution is 2.38. The lowest BCUT2D eigenvalue weighted by Gasteiger charge is -2.26. The number of anilines is 3. The predicted octanol–water partition coefficient (Wildman–Crippen LogP) is 4.69. The molecule has 7 nitrogen and oxygen atoms in total. The van der Waals surface area contributed by atoms with Gasteiger partial charge in [0.2, 0.25) is 5.91 Å². The van der Waals surface area contributed by atoms with Crippen molar-refractivity contribution in [3.05, 3.63) is 114 Å². The van der Waals surface area contributed by atoms with E-state index in [4.69, 9.17) is 4.74 Å². The summed E-state index contributed by atoms with van der Waals surface area (Å²) in [5.41, 5.74) is 3.99. The number of methoxy groups -OCH3 is 1. The third-order valence-electron chi connectivity index (χ3n) is 5.95. The third-order valence-corrected chi connectivity index (χ3v) is 5.95. The summed E-state index contributed by atoms with van der Waals surface area (Å²) in [7, 11) is 1.33. The molecule has 4 aromatic rings. The van der Waals surface area contributed by atoms with Gasteiger partial charge in [-0.1, -0.05) is 66.7 Å². The van der Waals surface area contributed by atoms with Gasteiger partial charge in [-0.2, -0.15) is 0 Å². The van der Waals surface area contributed by atoms with E-state index >= 15 is 0 Å². The molecule has 174 valence electrons. The summed E-state index contributed by atoms with van der Waals surface area (Å²) in [4.78, 5) is 38.1. The van der Waals surface area contributed by atoms with Crippen molar-refractivity contribution in [1.29, 1.82) is 0 Å². The molecule has 1 aliphatic heterocycles. The Morgan fingerprint density at radius 1 is 0.914 bits per heavy atom. The second kappa shape index (κ2) is 9.77.